The summed E-state index contributed by atoms with van der Waals surface area (Å²) in [6.45, 7) is 0.964. The van der Waals surface area contributed by atoms with Crippen LogP contribution in [-0.4, -0.2) is 14.9 Å². The van der Waals surface area contributed by atoms with Crippen LogP contribution < -0.4 is 0 Å². The van der Waals surface area contributed by atoms with Crippen molar-refractivity contribution in [3.8, 4) is 0 Å². The molecule has 4 heteroatoms. The first-order valence-electron chi connectivity index (χ1n) is 13.3. The van der Waals surface area contributed by atoms with Crippen LogP contribution >= 0.6 is 11.3 Å². The summed E-state index contributed by atoms with van der Waals surface area (Å²) in [4.78, 5) is 12.8. The minimum absolute atomic E-state index is 0.348. The highest BCUT2D eigenvalue weighted by atomic mass is 32.1. The van der Waals surface area contributed by atoms with E-state index in [1.165, 1.54) is 80.7 Å². The Morgan fingerprint density at radius 1 is 0.794 bits per heavy atom. The fourth-order valence-electron chi connectivity index (χ4n) is 6.43. The van der Waals surface area contributed by atoms with Crippen molar-refractivity contribution < 1.29 is 0 Å². The number of allylic oxidation sites excluding steroid dienone is 4. The molecule has 3 aliphatic rings. The minimum atomic E-state index is 0.348. The van der Waals surface area contributed by atoms with Gasteiger partial charge < -0.3 is 4.90 Å². The van der Waals surface area contributed by atoms with Crippen LogP contribution in [0.25, 0.3) is 10.2 Å². The summed E-state index contributed by atoms with van der Waals surface area (Å²) in [5.41, 5.74) is 5.99. The molecule has 3 aromatic rings. The second-order valence-corrected chi connectivity index (χ2v) is 11.2. The number of hydrogen-bond donors (Lipinski definition) is 0. The van der Waals surface area contributed by atoms with Crippen molar-refractivity contribution in [2.75, 3.05) is 0 Å². The van der Waals surface area contributed by atoms with Gasteiger partial charge in [-0.25, -0.2) is 4.98 Å². The first kappa shape index (κ1) is 22.0. The van der Waals surface area contributed by atoms with Crippen LogP contribution in [0.4, 0.5) is 0 Å². The number of pyridine rings is 2. The normalized spacial score (nSPS) is 21.0. The van der Waals surface area contributed by atoms with E-state index in [4.69, 9.17) is 0 Å². The molecule has 0 spiro atoms. The Labute approximate surface area is 207 Å². The lowest BCUT2D eigenvalue weighted by atomic mass is 9.78. The summed E-state index contributed by atoms with van der Waals surface area (Å²) < 4.78 is 0. The molecule has 1 aliphatic heterocycles. The SMILES string of the molecule is C1=C(C2CCCCC2)N(Cc2ccncc2)C(C2CCCCC2)=CC1c1csc2ncccc12. The summed E-state index contributed by atoms with van der Waals surface area (Å²) >= 11 is 1.79. The number of hydrogen-bond acceptors (Lipinski definition) is 4. The van der Waals surface area contributed by atoms with E-state index in [1.54, 1.807) is 22.7 Å². The molecule has 0 radical (unpaired) electrons. The molecule has 0 saturated heterocycles. The van der Waals surface area contributed by atoms with Gasteiger partial charge in [-0.1, -0.05) is 56.7 Å². The van der Waals surface area contributed by atoms with Gasteiger partial charge >= 0.3 is 0 Å². The standard InChI is InChI=1S/C30H35N3S/c1-3-8-23(9-4-1)28-18-25(27-21-34-30-26(27)12-7-15-32-30)19-29(24-10-5-2-6-11-24)33(28)20-22-13-16-31-17-14-22/h7,12-19,21,23-25H,1-6,8-11,20H2. The lowest BCUT2D eigenvalue weighted by Crippen LogP contribution is -2.34. The largest absolute Gasteiger partial charge is 0.344 e. The molecule has 2 aliphatic carbocycles. The summed E-state index contributed by atoms with van der Waals surface area (Å²) in [7, 11) is 0. The predicted molar refractivity (Wildman–Crippen MR) is 141 cm³/mol. The summed E-state index contributed by atoms with van der Waals surface area (Å²) in [6.07, 6.45) is 24.6. The van der Waals surface area contributed by atoms with Gasteiger partial charge in [0.1, 0.15) is 4.83 Å². The predicted octanol–water partition coefficient (Wildman–Crippen LogP) is 8.22. The first-order chi connectivity index (χ1) is 16.9. The summed E-state index contributed by atoms with van der Waals surface area (Å²) in [5, 5.41) is 3.70. The molecule has 0 bridgehead atoms. The third kappa shape index (κ3) is 4.45. The topological polar surface area (TPSA) is 29.0 Å². The van der Waals surface area contributed by atoms with E-state index in [2.05, 4.69) is 56.7 Å². The molecule has 0 atom stereocenters. The van der Waals surface area contributed by atoms with Crippen LogP contribution in [0.15, 0.2) is 71.8 Å². The second-order valence-electron chi connectivity index (χ2n) is 10.4. The highest BCUT2D eigenvalue weighted by Gasteiger charge is 2.33. The van der Waals surface area contributed by atoms with Gasteiger partial charge in [0, 0.05) is 47.8 Å². The number of nitrogens with zero attached hydrogens (tertiary/aromatic N) is 3. The van der Waals surface area contributed by atoms with Gasteiger partial charge in [0.25, 0.3) is 0 Å². The molecule has 3 aromatic heterocycles. The minimum Gasteiger partial charge on any atom is -0.344 e. The number of rotatable bonds is 5. The second kappa shape index (κ2) is 10.0. The van der Waals surface area contributed by atoms with Gasteiger partial charge in [-0.3, -0.25) is 4.98 Å². The van der Waals surface area contributed by atoms with Gasteiger partial charge in [0.15, 0.2) is 0 Å². The van der Waals surface area contributed by atoms with Crippen LogP contribution in [-0.2, 0) is 6.54 Å². The Hall–Kier alpha value is -2.46. The Morgan fingerprint density at radius 2 is 1.44 bits per heavy atom. The Morgan fingerprint density at radius 3 is 2.09 bits per heavy atom. The fourth-order valence-corrected chi connectivity index (χ4v) is 7.39. The van der Waals surface area contributed by atoms with Gasteiger partial charge in [-0.2, -0.15) is 0 Å². The molecule has 6 rings (SSSR count). The molecule has 0 aromatic carbocycles. The number of aromatic nitrogens is 2. The lowest BCUT2D eigenvalue weighted by molar-refractivity contribution is 0.251. The van der Waals surface area contributed by atoms with E-state index < -0.39 is 0 Å². The molecule has 0 amide bonds. The zero-order valence-corrected chi connectivity index (χ0v) is 20.9. The third-order valence-electron chi connectivity index (χ3n) is 8.20. The van der Waals surface area contributed by atoms with E-state index in [1.807, 2.05) is 18.6 Å². The van der Waals surface area contributed by atoms with Crippen molar-refractivity contribution in [2.24, 2.45) is 11.8 Å². The number of fused-ring (bicyclic) bond motifs is 1. The van der Waals surface area contributed by atoms with Crippen molar-refractivity contribution in [3.63, 3.8) is 0 Å². The Bertz CT molecular complexity index is 1130. The van der Waals surface area contributed by atoms with Crippen LogP contribution in [0.5, 0.6) is 0 Å². The molecule has 2 fully saturated rings. The van der Waals surface area contributed by atoms with Crippen molar-refractivity contribution >= 4 is 21.6 Å². The Kier molecular flexibility index (Phi) is 6.50. The highest BCUT2D eigenvalue weighted by molar-refractivity contribution is 7.16. The van der Waals surface area contributed by atoms with E-state index in [-0.39, 0.29) is 0 Å². The molecule has 2 saturated carbocycles. The van der Waals surface area contributed by atoms with Gasteiger partial charge in [-0.15, -0.1) is 11.3 Å². The maximum atomic E-state index is 4.65. The fraction of sp³-hybridized carbons (Fsp3) is 0.467. The quantitative estimate of drug-likeness (QED) is 0.377. The summed E-state index contributed by atoms with van der Waals surface area (Å²) in [5.74, 6) is 1.70. The zero-order chi connectivity index (χ0) is 22.7. The molecule has 4 heterocycles. The maximum absolute atomic E-state index is 4.65. The monoisotopic (exact) mass is 469 g/mol. The average Bonchev–Trinajstić information content (AvgIpc) is 3.35. The van der Waals surface area contributed by atoms with Crippen molar-refractivity contribution in [2.45, 2.75) is 76.7 Å². The molecule has 34 heavy (non-hydrogen) atoms. The van der Waals surface area contributed by atoms with Crippen LogP contribution in [0.2, 0.25) is 0 Å². The molecule has 0 unspecified atom stereocenters. The van der Waals surface area contributed by atoms with Gasteiger partial charge in [-0.05, 0) is 72.2 Å². The van der Waals surface area contributed by atoms with E-state index >= 15 is 0 Å². The highest BCUT2D eigenvalue weighted by Crippen LogP contribution is 2.45. The van der Waals surface area contributed by atoms with Gasteiger partial charge in [0.2, 0.25) is 0 Å². The van der Waals surface area contributed by atoms with E-state index in [0.717, 1.165) is 11.4 Å². The lowest BCUT2D eigenvalue weighted by Gasteiger charge is -2.43. The van der Waals surface area contributed by atoms with Crippen molar-refractivity contribution in [1.29, 1.82) is 0 Å². The average molecular weight is 470 g/mol. The van der Waals surface area contributed by atoms with Crippen molar-refractivity contribution in [3.05, 3.63) is 82.9 Å². The Balaban J connectivity index is 1.45. The molecular weight excluding hydrogens is 434 g/mol. The van der Waals surface area contributed by atoms with E-state index in [9.17, 15) is 0 Å². The van der Waals surface area contributed by atoms with E-state index in [0.29, 0.717) is 17.8 Å². The third-order valence-corrected chi connectivity index (χ3v) is 9.12. The first-order valence-corrected chi connectivity index (χ1v) is 14.2. The molecule has 0 N–H and O–H groups in total. The zero-order valence-electron chi connectivity index (χ0n) is 20.0. The van der Waals surface area contributed by atoms with Crippen LogP contribution in [0.3, 0.4) is 0 Å². The molecule has 3 nitrogen and oxygen atoms in total. The molecule has 176 valence electrons. The molecular formula is C30H35N3S. The van der Waals surface area contributed by atoms with Crippen molar-refractivity contribution in [1.82, 2.24) is 14.9 Å². The number of thiophene rings is 1. The van der Waals surface area contributed by atoms with Crippen LogP contribution in [0, 0.1) is 11.8 Å². The van der Waals surface area contributed by atoms with Gasteiger partial charge in [0.05, 0.1) is 0 Å². The van der Waals surface area contributed by atoms with Crippen LogP contribution in [0.1, 0.15) is 81.3 Å². The summed E-state index contributed by atoms with van der Waals surface area (Å²) in [6, 6.07) is 8.75. The maximum Gasteiger partial charge on any atom is 0.123 e. The smallest absolute Gasteiger partial charge is 0.123 e.